The third-order valence-electron chi connectivity index (χ3n) is 8.97. The second-order valence-corrected chi connectivity index (χ2v) is 11.8. The van der Waals surface area contributed by atoms with Crippen molar-refractivity contribution in [2.24, 2.45) is 0 Å². The molecule has 276 valence electrons. The van der Waals surface area contributed by atoms with Crippen LogP contribution < -0.4 is 28.4 Å². The summed E-state index contributed by atoms with van der Waals surface area (Å²) in [6, 6.07) is 7.27. The molecule has 2 aromatic carbocycles. The number of nitrogens with zero attached hydrogens (tertiary/aromatic N) is 1. The summed E-state index contributed by atoms with van der Waals surface area (Å²) in [7, 11) is 11.3. The molecule has 0 unspecified atom stereocenters. The van der Waals surface area contributed by atoms with Crippen LogP contribution >= 0.6 is 0 Å². The molecule has 15 nitrogen and oxygen atoms in total. The van der Waals surface area contributed by atoms with Crippen molar-refractivity contribution < 1.29 is 67.3 Å². The van der Waals surface area contributed by atoms with E-state index < -0.39 is 23.9 Å². The Hall–Kier alpha value is -4.92. The Morgan fingerprint density at radius 1 is 0.520 bits per heavy atom. The van der Waals surface area contributed by atoms with Crippen molar-refractivity contribution in [2.75, 3.05) is 49.7 Å². The molecule has 2 aromatic rings. The largest absolute Gasteiger partial charge is 0.493 e. The minimum Gasteiger partial charge on any atom is -0.493 e. The number of esters is 2. The van der Waals surface area contributed by atoms with Crippen LogP contribution in [-0.4, -0.2) is 113 Å². The van der Waals surface area contributed by atoms with E-state index >= 15 is 0 Å². The number of aliphatic carboxylic acids is 2. The first-order valence-corrected chi connectivity index (χ1v) is 16.1. The molecule has 0 amide bonds. The van der Waals surface area contributed by atoms with E-state index in [4.69, 9.17) is 57.7 Å². The summed E-state index contributed by atoms with van der Waals surface area (Å²) in [5, 5.41) is 14.8. The molecule has 0 saturated heterocycles. The molecular weight excluding hydrogens is 658 g/mol. The van der Waals surface area contributed by atoms with Gasteiger partial charge >= 0.3 is 23.9 Å². The second kappa shape index (κ2) is 18.7. The topological polar surface area (TPSA) is 186 Å². The number of carbonyl (C=O) groups excluding carboxylic acids is 2. The smallest absolute Gasteiger partial charge is 0.414 e. The molecular formula is C35H47NO14. The molecule has 2 aliphatic carbocycles. The summed E-state index contributed by atoms with van der Waals surface area (Å²) in [4.78, 5) is 46.6. The fourth-order valence-electron chi connectivity index (χ4n) is 6.28. The van der Waals surface area contributed by atoms with Crippen LogP contribution in [0.1, 0.15) is 72.1 Å². The predicted molar refractivity (Wildman–Crippen MR) is 178 cm³/mol. The SMILES string of the molecule is COc1cc(C(=O)OC2CCC(N(C)C3CCC(OC(=O)c4cc(OC)c(OC)c(OC)c4)CC3)CC2)cc(OC)c1OC.O=C(O)C(=O)O. The Bertz CT molecular complexity index is 1320. The van der Waals surface area contributed by atoms with E-state index in [1.807, 2.05) is 0 Å². The van der Waals surface area contributed by atoms with Crippen molar-refractivity contribution >= 4 is 23.9 Å². The van der Waals surface area contributed by atoms with E-state index in [1.165, 1.54) is 42.7 Å². The average Bonchev–Trinajstić information content (AvgIpc) is 3.13. The number of methoxy groups -OCH3 is 6. The van der Waals surface area contributed by atoms with Gasteiger partial charge in [-0.2, -0.15) is 0 Å². The summed E-state index contributed by atoms with van der Waals surface area (Å²) in [6.07, 6.45) is 6.69. The van der Waals surface area contributed by atoms with Crippen LogP contribution in [0.2, 0.25) is 0 Å². The van der Waals surface area contributed by atoms with Crippen molar-refractivity contribution in [2.45, 2.75) is 75.7 Å². The van der Waals surface area contributed by atoms with Crippen molar-refractivity contribution in [3.63, 3.8) is 0 Å². The van der Waals surface area contributed by atoms with E-state index in [9.17, 15) is 9.59 Å². The standard InChI is InChI=1S/C33H45NO10.C2H2O4/c1-34(22-8-12-24(13-9-22)43-32(35)20-16-26(37-2)30(41-6)27(17-20)38-3)23-10-14-25(15-11-23)44-33(36)21-18-28(39-4)31(42-7)29(19-21)40-5;3-1(4)2(5)6/h16-19,22-25H,8-15H2,1-7H3;(H,3,4)(H,5,6). The molecule has 0 heterocycles. The van der Waals surface area contributed by atoms with Gasteiger partial charge < -0.3 is 53.0 Å². The third-order valence-corrected chi connectivity index (χ3v) is 8.97. The number of rotatable bonds is 12. The van der Waals surface area contributed by atoms with Gasteiger partial charge in [0.2, 0.25) is 11.5 Å². The number of carbonyl (C=O) groups is 4. The molecule has 2 fully saturated rings. The lowest BCUT2D eigenvalue weighted by molar-refractivity contribution is -0.159. The van der Waals surface area contributed by atoms with Crippen LogP contribution in [0.25, 0.3) is 0 Å². The maximum Gasteiger partial charge on any atom is 0.414 e. The highest BCUT2D eigenvalue weighted by Crippen LogP contribution is 2.40. The summed E-state index contributed by atoms with van der Waals surface area (Å²) in [5.74, 6) is -1.94. The van der Waals surface area contributed by atoms with Gasteiger partial charge in [0.05, 0.1) is 53.8 Å². The lowest BCUT2D eigenvalue weighted by atomic mass is 9.87. The molecule has 2 aliphatic rings. The second-order valence-electron chi connectivity index (χ2n) is 11.8. The van der Waals surface area contributed by atoms with Gasteiger partial charge in [0.1, 0.15) is 12.2 Å². The van der Waals surface area contributed by atoms with Gasteiger partial charge in [-0.1, -0.05) is 0 Å². The van der Waals surface area contributed by atoms with Gasteiger partial charge in [-0.15, -0.1) is 0 Å². The molecule has 0 aliphatic heterocycles. The number of hydrogen-bond donors (Lipinski definition) is 2. The zero-order valence-electron chi connectivity index (χ0n) is 29.5. The van der Waals surface area contributed by atoms with Gasteiger partial charge in [0.25, 0.3) is 0 Å². The highest BCUT2D eigenvalue weighted by molar-refractivity contribution is 6.27. The van der Waals surface area contributed by atoms with E-state index in [2.05, 4.69) is 11.9 Å². The molecule has 0 aromatic heterocycles. The Balaban J connectivity index is 0.00000103. The number of hydrogen-bond acceptors (Lipinski definition) is 13. The van der Waals surface area contributed by atoms with E-state index in [-0.39, 0.29) is 12.2 Å². The fraction of sp³-hybridized carbons (Fsp3) is 0.543. The van der Waals surface area contributed by atoms with Gasteiger partial charge in [0.15, 0.2) is 23.0 Å². The minimum atomic E-state index is -1.82. The number of ether oxygens (including phenoxy) is 8. The van der Waals surface area contributed by atoms with Crippen molar-refractivity contribution in [1.82, 2.24) is 4.90 Å². The first-order chi connectivity index (χ1) is 23.9. The Morgan fingerprint density at radius 3 is 1.02 bits per heavy atom. The maximum absolute atomic E-state index is 13.0. The molecule has 2 N–H and O–H groups in total. The van der Waals surface area contributed by atoms with Gasteiger partial charge in [-0.05, 0) is 82.7 Å². The third kappa shape index (κ3) is 10.1. The van der Waals surface area contributed by atoms with Gasteiger partial charge in [0, 0.05) is 12.1 Å². The molecule has 0 radical (unpaired) electrons. The quantitative estimate of drug-likeness (QED) is 0.233. The molecule has 0 atom stereocenters. The van der Waals surface area contributed by atoms with Crippen molar-refractivity contribution in [1.29, 1.82) is 0 Å². The lowest BCUT2D eigenvalue weighted by Gasteiger charge is -2.41. The highest BCUT2D eigenvalue weighted by atomic mass is 16.6. The summed E-state index contributed by atoms with van der Waals surface area (Å²) in [6.45, 7) is 0. The van der Waals surface area contributed by atoms with Crippen LogP contribution in [0.4, 0.5) is 0 Å². The van der Waals surface area contributed by atoms with Crippen molar-refractivity contribution in [3.8, 4) is 34.5 Å². The van der Waals surface area contributed by atoms with Crippen LogP contribution in [0, 0.1) is 0 Å². The molecule has 0 bridgehead atoms. The summed E-state index contributed by atoms with van der Waals surface area (Å²) in [5.41, 5.74) is 0.725. The van der Waals surface area contributed by atoms with Crippen LogP contribution in [0.5, 0.6) is 34.5 Å². The fourth-order valence-corrected chi connectivity index (χ4v) is 6.28. The molecule has 50 heavy (non-hydrogen) atoms. The van der Waals surface area contributed by atoms with Crippen LogP contribution in [0.3, 0.4) is 0 Å². The number of carboxylic acid groups (broad SMARTS) is 2. The van der Waals surface area contributed by atoms with Crippen LogP contribution in [-0.2, 0) is 19.1 Å². The average molecular weight is 706 g/mol. The normalized spacial score (nSPS) is 19.9. The number of carboxylic acids is 2. The predicted octanol–water partition coefficient (Wildman–Crippen LogP) is 4.46. The maximum atomic E-state index is 13.0. The van der Waals surface area contributed by atoms with Crippen LogP contribution in [0.15, 0.2) is 24.3 Å². The summed E-state index contributed by atoms with van der Waals surface area (Å²) >= 11 is 0. The first kappa shape index (κ1) is 39.5. The minimum absolute atomic E-state index is 0.142. The highest BCUT2D eigenvalue weighted by Gasteiger charge is 2.33. The molecule has 4 rings (SSSR count). The van der Waals surface area contributed by atoms with Gasteiger partial charge in [-0.25, -0.2) is 19.2 Å². The Morgan fingerprint density at radius 2 is 0.800 bits per heavy atom. The Kier molecular flexibility index (Phi) is 14.8. The zero-order valence-corrected chi connectivity index (χ0v) is 29.5. The first-order valence-electron chi connectivity index (χ1n) is 16.1. The molecule has 0 spiro atoms. The molecule has 2 saturated carbocycles. The van der Waals surface area contributed by atoms with Crippen molar-refractivity contribution in [3.05, 3.63) is 35.4 Å². The monoisotopic (exact) mass is 705 g/mol. The zero-order chi connectivity index (χ0) is 37.0. The number of benzene rings is 2. The summed E-state index contributed by atoms with van der Waals surface area (Å²) < 4.78 is 43.9. The lowest BCUT2D eigenvalue weighted by Crippen LogP contribution is -2.45. The molecule has 15 heteroatoms. The van der Waals surface area contributed by atoms with Gasteiger partial charge in [-0.3, -0.25) is 0 Å². The van der Waals surface area contributed by atoms with E-state index in [0.717, 1.165) is 51.4 Å². The van der Waals surface area contributed by atoms with E-state index in [1.54, 1.807) is 24.3 Å². The Labute approximate surface area is 291 Å². The van der Waals surface area contributed by atoms with E-state index in [0.29, 0.717) is 57.7 Å².